The third kappa shape index (κ3) is 6.39. The molecule has 0 aromatic carbocycles. The summed E-state index contributed by atoms with van der Waals surface area (Å²) in [6, 6.07) is 0. The van der Waals surface area contributed by atoms with Crippen molar-refractivity contribution in [3.63, 3.8) is 0 Å². The molecule has 1 aliphatic rings. The molecule has 1 rings (SSSR count). The zero-order valence-corrected chi connectivity index (χ0v) is 13.7. The van der Waals surface area contributed by atoms with Crippen molar-refractivity contribution in [1.29, 1.82) is 0 Å². The molecule has 0 saturated carbocycles. The lowest BCUT2D eigenvalue weighted by molar-refractivity contribution is -0.0498. The lowest BCUT2D eigenvalue weighted by Crippen LogP contribution is -2.29. The zero-order valence-electron chi connectivity index (χ0n) is 12.1. The summed E-state index contributed by atoms with van der Waals surface area (Å²) in [6.07, 6.45) is 5.67. The molecule has 0 amide bonds. The van der Waals surface area contributed by atoms with Crippen LogP contribution in [0.2, 0.25) is 0 Å². The molecule has 134 valence electrons. The Morgan fingerprint density at radius 1 is 1.13 bits per heavy atom. The highest BCUT2D eigenvalue weighted by atomic mass is 32.3. The van der Waals surface area contributed by atoms with Gasteiger partial charge in [-0.1, -0.05) is 6.08 Å². The molecule has 23 heavy (non-hydrogen) atoms. The van der Waals surface area contributed by atoms with Crippen LogP contribution < -0.4 is 0 Å². The molecule has 7 nitrogen and oxygen atoms in total. The van der Waals surface area contributed by atoms with E-state index >= 15 is 0 Å². The van der Waals surface area contributed by atoms with E-state index in [1.54, 1.807) is 12.3 Å². The fraction of sp³-hybridized carbons (Fsp3) is 0.636. The molecule has 0 aromatic rings. The standard InChI is InChI=1S/C11H17F3N2O5S2/c1-2-5-15-7-8-16(10-15)6-3-4-9-22(17,18)21-23(19,20)11(12,13)14/h2,7-8H,1,3-6,9-10H2. The number of alkyl halides is 3. The van der Waals surface area contributed by atoms with Gasteiger partial charge in [-0.3, -0.25) is 0 Å². The van der Waals surface area contributed by atoms with Gasteiger partial charge in [-0.05, 0) is 12.8 Å². The SMILES string of the molecule is C=CCN1C=CN(CCCCS(=O)(=O)OS(=O)(=O)C(F)(F)F)C1. The highest BCUT2D eigenvalue weighted by molar-refractivity contribution is 8.00. The maximum atomic E-state index is 12.1. The topological polar surface area (TPSA) is 84.0 Å². The maximum Gasteiger partial charge on any atom is 0.524 e. The van der Waals surface area contributed by atoms with E-state index in [-0.39, 0.29) is 6.42 Å². The predicted octanol–water partition coefficient (Wildman–Crippen LogP) is 1.19. The number of halogens is 3. The molecule has 0 aromatic heterocycles. The van der Waals surface area contributed by atoms with Crippen LogP contribution in [0.25, 0.3) is 0 Å². The average Bonchev–Trinajstić information content (AvgIpc) is 2.80. The molecule has 0 saturated heterocycles. The Hall–Kier alpha value is -1.27. The van der Waals surface area contributed by atoms with Crippen LogP contribution in [-0.2, 0) is 23.9 Å². The second-order valence-corrected chi connectivity index (χ2v) is 8.19. The van der Waals surface area contributed by atoms with Crippen molar-refractivity contribution in [2.45, 2.75) is 18.3 Å². The van der Waals surface area contributed by atoms with Crippen molar-refractivity contribution < 1.29 is 33.6 Å². The number of unbranched alkanes of at least 4 members (excludes halogenated alkanes) is 1. The Morgan fingerprint density at radius 3 is 2.30 bits per heavy atom. The van der Waals surface area contributed by atoms with Crippen LogP contribution in [0.5, 0.6) is 0 Å². The summed E-state index contributed by atoms with van der Waals surface area (Å²) in [4.78, 5) is 3.83. The van der Waals surface area contributed by atoms with Gasteiger partial charge in [0.25, 0.3) is 10.1 Å². The first-order chi connectivity index (χ1) is 10.5. The smallest absolute Gasteiger partial charge is 0.359 e. The van der Waals surface area contributed by atoms with Crippen LogP contribution in [0.3, 0.4) is 0 Å². The van der Waals surface area contributed by atoms with Crippen molar-refractivity contribution in [3.05, 3.63) is 25.1 Å². The van der Waals surface area contributed by atoms with Crippen LogP contribution in [0.4, 0.5) is 13.2 Å². The lowest BCUT2D eigenvalue weighted by Gasteiger charge is -2.19. The minimum atomic E-state index is -6.15. The van der Waals surface area contributed by atoms with E-state index in [9.17, 15) is 30.0 Å². The van der Waals surface area contributed by atoms with E-state index < -0.39 is 31.5 Å². The van der Waals surface area contributed by atoms with Gasteiger partial charge >= 0.3 is 15.6 Å². The molecule has 0 unspecified atom stereocenters. The zero-order chi connectivity index (χ0) is 17.7. The first-order valence-electron chi connectivity index (χ1n) is 6.49. The first kappa shape index (κ1) is 19.8. The van der Waals surface area contributed by atoms with Crippen molar-refractivity contribution in [2.24, 2.45) is 0 Å². The molecule has 0 fully saturated rings. The highest BCUT2D eigenvalue weighted by Gasteiger charge is 2.50. The van der Waals surface area contributed by atoms with E-state index in [2.05, 4.69) is 10.2 Å². The molecule has 0 radical (unpaired) electrons. The first-order valence-corrected chi connectivity index (χ1v) is 9.48. The molecule has 0 bridgehead atoms. The lowest BCUT2D eigenvalue weighted by atomic mass is 10.3. The van der Waals surface area contributed by atoms with Crippen LogP contribution in [-0.4, -0.2) is 57.7 Å². The highest BCUT2D eigenvalue weighted by Crippen LogP contribution is 2.26. The maximum absolute atomic E-state index is 12.1. The molecule has 0 aliphatic carbocycles. The summed E-state index contributed by atoms with van der Waals surface area (Å²) in [5, 5.41) is 0. The second-order valence-electron chi connectivity index (χ2n) is 4.75. The monoisotopic (exact) mass is 378 g/mol. The predicted molar refractivity (Wildman–Crippen MR) is 76.7 cm³/mol. The molecule has 0 N–H and O–H groups in total. The summed E-state index contributed by atoms with van der Waals surface area (Å²) >= 11 is 0. The number of nitrogens with zero attached hydrogens (tertiary/aromatic N) is 2. The summed E-state index contributed by atoms with van der Waals surface area (Å²) in [5.41, 5.74) is -5.77. The van der Waals surface area contributed by atoms with Gasteiger partial charge in [0.2, 0.25) is 0 Å². The van der Waals surface area contributed by atoms with E-state index in [0.29, 0.717) is 26.2 Å². The summed E-state index contributed by atoms with van der Waals surface area (Å²) < 4.78 is 83.3. The molecule has 0 spiro atoms. The number of rotatable bonds is 9. The minimum absolute atomic E-state index is 0.0263. The molecule has 1 heterocycles. The van der Waals surface area contributed by atoms with Crippen molar-refractivity contribution in [2.75, 3.05) is 25.5 Å². The van der Waals surface area contributed by atoms with Gasteiger partial charge in [-0.2, -0.15) is 30.0 Å². The molecular formula is C11H17F3N2O5S2. The summed E-state index contributed by atoms with van der Waals surface area (Å²) in [5.74, 6) is -0.809. The molecule has 0 atom stereocenters. The van der Waals surface area contributed by atoms with Gasteiger partial charge in [-0.25, -0.2) is 0 Å². The van der Waals surface area contributed by atoms with Gasteiger partial charge in [0.1, 0.15) is 0 Å². The van der Waals surface area contributed by atoms with Crippen LogP contribution >= 0.6 is 0 Å². The van der Waals surface area contributed by atoms with Gasteiger partial charge in [-0.15, -0.1) is 10.2 Å². The van der Waals surface area contributed by atoms with Crippen molar-refractivity contribution in [3.8, 4) is 0 Å². The Balaban J connectivity index is 2.36. The third-order valence-corrected chi connectivity index (χ3v) is 5.68. The van der Waals surface area contributed by atoms with Gasteiger partial charge in [0, 0.05) is 25.5 Å². The number of hydrogen-bond acceptors (Lipinski definition) is 7. The van der Waals surface area contributed by atoms with Gasteiger partial charge in [0.15, 0.2) is 0 Å². The van der Waals surface area contributed by atoms with E-state index in [1.807, 2.05) is 16.0 Å². The van der Waals surface area contributed by atoms with Crippen LogP contribution in [0.1, 0.15) is 12.8 Å². The summed E-state index contributed by atoms with van der Waals surface area (Å²) in [6.45, 7) is 5.32. The van der Waals surface area contributed by atoms with Crippen LogP contribution in [0, 0.1) is 0 Å². The van der Waals surface area contributed by atoms with E-state index in [4.69, 9.17) is 0 Å². The largest absolute Gasteiger partial charge is 0.524 e. The molecule has 12 heteroatoms. The number of hydrogen-bond donors (Lipinski definition) is 0. The van der Waals surface area contributed by atoms with Gasteiger partial charge < -0.3 is 9.80 Å². The van der Waals surface area contributed by atoms with E-state index in [1.165, 1.54) is 0 Å². The fourth-order valence-corrected chi connectivity index (χ4v) is 3.98. The molecule has 1 aliphatic heterocycles. The van der Waals surface area contributed by atoms with Gasteiger partial charge in [0.05, 0.1) is 12.4 Å². The molecular weight excluding hydrogens is 361 g/mol. The van der Waals surface area contributed by atoms with Crippen molar-refractivity contribution in [1.82, 2.24) is 9.80 Å². The van der Waals surface area contributed by atoms with Crippen molar-refractivity contribution >= 4 is 20.2 Å². The fourth-order valence-electron chi connectivity index (χ4n) is 1.75. The van der Waals surface area contributed by atoms with E-state index in [0.717, 1.165) is 0 Å². The Kier molecular flexibility index (Phi) is 6.48. The quantitative estimate of drug-likeness (QED) is 0.339. The third-order valence-electron chi connectivity index (χ3n) is 2.78. The normalized spacial score (nSPS) is 16.1. The Bertz CT molecular complexity index is 643. The second kappa shape index (κ2) is 7.53. The van der Waals surface area contributed by atoms with Crippen LogP contribution in [0.15, 0.2) is 25.1 Å². The Labute approximate surface area is 133 Å². The Morgan fingerprint density at radius 2 is 1.74 bits per heavy atom. The average molecular weight is 378 g/mol. The summed E-state index contributed by atoms with van der Waals surface area (Å²) in [7, 11) is -11.0. The minimum Gasteiger partial charge on any atom is -0.359 e.